The molecule has 0 radical (unpaired) electrons. The van der Waals surface area contributed by atoms with Crippen molar-refractivity contribution >= 4 is 17.5 Å². The molecular weight excluding hydrogens is 260 g/mol. The number of ketones is 1. The molecular formula is C15H22O3S. The van der Waals surface area contributed by atoms with Gasteiger partial charge >= 0.3 is 0 Å². The molecule has 3 nitrogen and oxygen atoms in total. The average Bonchev–Trinajstić information content (AvgIpc) is 2.31. The molecule has 0 saturated heterocycles. The second-order valence-electron chi connectivity index (χ2n) is 4.90. The first kappa shape index (κ1) is 16.2. The van der Waals surface area contributed by atoms with Crippen LogP contribution < -0.4 is 0 Å². The van der Waals surface area contributed by atoms with Crippen LogP contribution in [-0.2, 0) is 5.75 Å². The highest BCUT2D eigenvalue weighted by atomic mass is 32.2. The van der Waals surface area contributed by atoms with Crippen LogP contribution in [0.25, 0.3) is 0 Å². The molecule has 2 N–H and O–H groups in total. The van der Waals surface area contributed by atoms with Crippen molar-refractivity contribution in [1.29, 1.82) is 0 Å². The largest absolute Gasteiger partial charge is 0.394 e. The van der Waals surface area contributed by atoms with E-state index in [0.717, 1.165) is 28.0 Å². The zero-order chi connectivity index (χ0) is 14.6. The van der Waals surface area contributed by atoms with Crippen molar-refractivity contribution in [1.82, 2.24) is 0 Å². The third-order valence-electron chi connectivity index (χ3n) is 3.25. The molecule has 0 aliphatic carbocycles. The molecule has 0 aliphatic rings. The Morgan fingerprint density at radius 3 is 2.47 bits per heavy atom. The van der Waals surface area contributed by atoms with Crippen LogP contribution in [-0.4, -0.2) is 34.5 Å². The van der Waals surface area contributed by atoms with Crippen molar-refractivity contribution in [2.45, 2.75) is 39.6 Å². The Kier molecular flexibility index (Phi) is 6.04. The van der Waals surface area contributed by atoms with Gasteiger partial charge in [0.25, 0.3) is 0 Å². The summed E-state index contributed by atoms with van der Waals surface area (Å²) in [4.78, 5) is 11.7. The van der Waals surface area contributed by atoms with Crippen molar-refractivity contribution in [2.24, 2.45) is 0 Å². The summed E-state index contributed by atoms with van der Waals surface area (Å²) in [5.41, 5.74) is 5.20. The van der Waals surface area contributed by atoms with E-state index in [1.54, 1.807) is 18.7 Å². The van der Waals surface area contributed by atoms with Crippen LogP contribution in [0.15, 0.2) is 6.07 Å². The predicted molar refractivity (Wildman–Crippen MR) is 79.9 cm³/mol. The van der Waals surface area contributed by atoms with Gasteiger partial charge in [0.2, 0.25) is 0 Å². The Labute approximate surface area is 119 Å². The van der Waals surface area contributed by atoms with Gasteiger partial charge in [-0.05, 0) is 49.9 Å². The first-order valence-corrected chi connectivity index (χ1v) is 7.51. The van der Waals surface area contributed by atoms with Gasteiger partial charge in [-0.15, -0.1) is 0 Å². The summed E-state index contributed by atoms with van der Waals surface area (Å²) in [6, 6.07) is 2.04. The van der Waals surface area contributed by atoms with Crippen LogP contribution in [0.1, 0.15) is 39.5 Å². The van der Waals surface area contributed by atoms with Crippen LogP contribution >= 0.6 is 11.8 Å². The second kappa shape index (κ2) is 7.08. The molecule has 1 unspecified atom stereocenters. The van der Waals surface area contributed by atoms with Gasteiger partial charge < -0.3 is 10.2 Å². The molecule has 0 aromatic heterocycles. The van der Waals surface area contributed by atoms with Gasteiger partial charge in [-0.1, -0.05) is 6.07 Å². The van der Waals surface area contributed by atoms with E-state index in [9.17, 15) is 9.90 Å². The molecule has 1 rings (SSSR count). The quantitative estimate of drug-likeness (QED) is 0.787. The predicted octanol–water partition coefficient (Wildman–Crippen LogP) is 2.40. The number of aliphatic hydroxyl groups is 2. The molecule has 106 valence electrons. The zero-order valence-electron chi connectivity index (χ0n) is 12.0. The van der Waals surface area contributed by atoms with Gasteiger partial charge in [0.15, 0.2) is 5.78 Å². The molecule has 0 aliphatic heterocycles. The normalized spacial score (nSPS) is 12.5. The van der Waals surface area contributed by atoms with Crippen LogP contribution in [0.5, 0.6) is 0 Å². The zero-order valence-corrected chi connectivity index (χ0v) is 12.8. The molecule has 19 heavy (non-hydrogen) atoms. The van der Waals surface area contributed by atoms with Gasteiger partial charge in [0.05, 0.1) is 12.7 Å². The average molecular weight is 282 g/mol. The third kappa shape index (κ3) is 4.06. The number of hydrogen-bond donors (Lipinski definition) is 2. The summed E-state index contributed by atoms with van der Waals surface area (Å²) in [5, 5.41) is 18.1. The van der Waals surface area contributed by atoms with E-state index in [1.807, 2.05) is 26.8 Å². The molecule has 0 heterocycles. The minimum atomic E-state index is -0.677. The Balaban J connectivity index is 2.95. The molecule has 4 heteroatoms. The van der Waals surface area contributed by atoms with E-state index in [2.05, 4.69) is 0 Å². The monoisotopic (exact) mass is 282 g/mol. The Hall–Kier alpha value is -0.840. The molecule has 0 saturated carbocycles. The van der Waals surface area contributed by atoms with Crippen molar-refractivity contribution in [3.63, 3.8) is 0 Å². The van der Waals surface area contributed by atoms with Crippen molar-refractivity contribution < 1.29 is 15.0 Å². The maximum atomic E-state index is 11.7. The van der Waals surface area contributed by atoms with Crippen molar-refractivity contribution in [3.05, 3.63) is 33.9 Å². The first-order valence-electron chi connectivity index (χ1n) is 6.35. The number of aryl methyl sites for hydroxylation is 2. The van der Waals surface area contributed by atoms with E-state index < -0.39 is 6.10 Å². The SMILES string of the molecule is CC(=O)c1c(C)cc(C)c(CSCC(O)CO)c1C. The van der Waals surface area contributed by atoms with Gasteiger partial charge in [0.1, 0.15) is 0 Å². The summed E-state index contributed by atoms with van der Waals surface area (Å²) in [7, 11) is 0. The van der Waals surface area contributed by atoms with E-state index in [0.29, 0.717) is 5.75 Å². The number of carbonyl (C=O) groups excluding carboxylic acids is 1. The number of hydrogen-bond acceptors (Lipinski definition) is 4. The fraction of sp³-hybridized carbons (Fsp3) is 0.533. The lowest BCUT2D eigenvalue weighted by Crippen LogP contribution is -2.15. The summed E-state index contributed by atoms with van der Waals surface area (Å²) in [6.07, 6.45) is -0.677. The number of benzene rings is 1. The Bertz CT molecular complexity index is 469. The topological polar surface area (TPSA) is 57.5 Å². The lowest BCUT2D eigenvalue weighted by atomic mass is 9.92. The molecule has 0 bridgehead atoms. The summed E-state index contributed by atoms with van der Waals surface area (Å²) in [5.74, 6) is 1.34. The molecule has 0 spiro atoms. The molecule has 1 atom stereocenters. The standard InChI is InChI=1S/C15H22O3S/c1-9-5-10(2)15(12(4)17)11(3)14(9)8-19-7-13(18)6-16/h5,13,16,18H,6-8H2,1-4H3. The second-order valence-corrected chi connectivity index (χ2v) is 5.93. The fourth-order valence-electron chi connectivity index (χ4n) is 2.34. The molecule has 1 aromatic carbocycles. The fourth-order valence-corrected chi connectivity index (χ4v) is 3.48. The van der Waals surface area contributed by atoms with Gasteiger partial charge in [-0.3, -0.25) is 4.79 Å². The summed E-state index contributed by atoms with van der Waals surface area (Å²) in [6.45, 7) is 7.37. The van der Waals surface area contributed by atoms with Crippen molar-refractivity contribution in [3.8, 4) is 0 Å². The first-order chi connectivity index (χ1) is 8.88. The third-order valence-corrected chi connectivity index (χ3v) is 4.36. The highest BCUT2D eigenvalue weighted by Crippen LogP contribution is 2.26. The highest BCUT2D eigenvalue weighted by Gasteiger charge is 2.14. The molecule has 0 fully saturated rings. The maximum absolute atomic E-state index is 11.7. The van der Waals surface area contributed by atoms with E-state index in [4.69, 9.17) is 5.11 Å². The van der Waals surface area contributed by atoms with Crippen LogP contribution in [0.4, 0.5) is 0 Å². The van der Waals surface area contributed by atoms with Gasteiger partial charge in [0, 0.05) is 17.1 Å². The van der Waals surface area contributed by atoms with E-state index >= 15 is 0 Å². The summed E-state index contributed by atoms with van der Waals surface area (Å²) >= 11 is 1.57. The van der Waals surface area contributed by atoms with Crippen LogP contribution in [0, 0.1) is 20.8 Å². The smallest absolute Gasteiger partial charge is 0.160 e. The number of Topliss-reactive ketones (excluding diaryl/α,β-unsaturated/α-hetero) is 1. The minimum absolute atomic E-state index is 0.0941. The number of aliphatic hydroxyl groups excluding tert-OH is 2. The van der Waals surface area contributed by atoms with Crippen LogP contribution in [0.3, 0.4) is 0 Å². The summed E-state index contributed by atoms with van der Waals surface area (Å²) < 4.78 is 0. The van der Waals surface area contributed by atoms with Crippen molar-refractivity contribution in [2.75, 3.05) is 12.4 Å². The van der Waals surface area contributed by atoms with Crippen LogP contribution in [0.2, 0.25) is 0 Å². The Morgan fingerprint density at radius 2 is 1.95 bits per heavy atom. The van der Waals surface area contributed by atoms with E-state index in [1.165, 1.54) is 5.56 Å². The highest BCUT2D eigenvalue weighted by molar-refractivity contribution is 7.98. The lowest BCUT2D eigenvalue weighted by Gasteiger charge is -2.16. The number of rotatable bonds is 6. The Morgan fingerprint density at radius 1 is 1.32 bits per heavy atom. The number of carbonyl (C=O) groups is 1. The minimum Gasteiger partial charge on any atom is -0.394 e. The lowest BCUT2D eigenvalue weighted by molar-refractivity contribution is 0.101. The number of thioether (sulfide) groups is 1. The van der Waals surface area contributed by atoms with E-state index in [-0.39, 0.29) is 12.4 Å². The van der Waals surface area contributed by atoms with Gasteiger partial charge in [-0.2, -0.15) is 11.8 Å². The van der Waals surface area contributed by atoms with Gasteiger partial charge in [-0.25, -0.2) is 0 Å². The maximum Gasteiger partial charge on any atom is 0.160 e. The molecule has 1 aromatic rings. The molecule has 0 amide bonds.